The maximum atomic E-state index is 12.2. The summed E-state index contributed by atoms with van der Waals surface area (Å²) in [6.45, 7) is 2.01. The van der Waals surface area contributed by atoms with E-state index in [9.17, 15) is 14.9 Å². The zero-order valence-corrected chi connectivity index (χ0v) is 13.7. The topological polar surface area (TPSA) is 89.2 Å². The number of rotatable bonds is 6. The third-order valence-corrected chi connectivity index (χ3v) is 4.73. The number of nitrogens with zero attached hydrogens (tertiary/aromatic N) is 4. The summed E-state index contributed by atoms with van der Waals surface area (Å²) in [5.74, 6) is 1.04. The smallest absolute Gasteiger partial charge is 0.269 e. The van der Waals surface area contributed by atoms with Gasteiger partial charge in [0.25, 0.3) is 5.69 Å². The zero-order chi connectivity index (χ0) is 16.9. The molecule has 1 fully saturated rings. The van der Waals surface area contributed by atoms with E-state index in [4.69, 9.17) is 0 Å². The molecule has 0 atom stereocenters. The Labute approximate surface area is 143 Å². The first-order chi connectivity index (χ1) is 11.6. The molecule has 1 aliphatic heterocycles. The maximum absolute atomic E-state index is 12.2. The van der Waals surface area contributed by atoms with Crippen LogP contribution in [0, 0.1) is 10.1 Å². The minimum atomic E-state index is -0.482. The van der Waals surface area contributed by atoms with Gasteiger partial charge in [-0.05, 0) is 25.0 Å². The van der Waals surface area contributed by atoms with Crippen LogP contribution >= 0.6 is 11.8 Å². The Balaban J connectivity index is 1.61. The SMILES string of the molecule is O=C(CSc1cc(N2CCCC2)ncn1)c1ccc([N+](=O)[O-])cc1. The van der Waals surface area contributed by atoms with Gasteiger partial charge in [0.05, 0.1) is 10.7 Å². The number of carbonyl (C=O) groups excluding carboxylic acids is 1. The third-order valence-electron chi connectivity index (χ3n) is 3.81. The van der Waals surface area contributed by atoms with Crippen LogP contribution in [-0.4, -0.2) is 39.5 Å². The number of hydrogen-bond donors (Lipinski definition) is 0. The normalized spacial score (nSPS) is 13.9. The Morgan fingerprint density at radius 1 is 1.21 bits per heavy atom. The standard InChI is InChI=1S/C16H16N4O3S/c21-14(12-3-5-13(6-4-12)20(22)23)10-24-16-9-15(17-11-18-16)19-7-1-2-8-19/h3-6,9,11H,1-2,7-8,10H2. The van der Waals surface area contributed by atoms with Crippen LogP contribution in [0.25, 0.3) is 0 Å². The van der Waals surface area contributed by atoms with Crippen molar-refractivity contribution in [3.63, 3.8) is 0 Å². The van der Waals surface area contributed by atoms with E-state index in [1.807, 2.05) is 6.07 Å². The first-order valence-corrected chi connectivity index (χ1v) is 8.59. The molecular weight excluding hydrogens is 328 g/mol. The summed E-state index contributed by atoms with van der Waals surface area (Å²) in [5, 5.41) is 11.4. The fourth-order valence-electron chi connectivity index (χ4n) is 2.52. The first-order valence-electron chi connectivity index (χ1n) is 7.61. The number of nitro groups is 1. The van der Waals surface area contributed by atoms with Gasteiger partial charge in [-0.2, -0.15) is 0 Å². The molecule has 8 heteroatoms. The van der Waals surface area contributed by atoms with Gasteiger partial charge in [-0.1, -0.05) is 11.8 Å². The van der Waals surface area contributed by atoms with Crippen molar-refractivity contribution in [1.29, 1.82) is 0 Å². The van der Waals surface area contributed by atoms with Crippen LogP contribution in [0.2, 0.25) is 0 Å². The largest absolute Gasteiger partial charge is 0.356 e. The van der Waals surface area contributed by atoms with Crippen LogP contribution < -0.4 is 4.90 Å². The molecule has 0 spiro atoms. The highest BCUT2D eigenvalue weighted by Gasteiger charge is 2.15. The van der Waals surface area contributed by atoms with Crippen molar-refractivity contribution >= 4 is 29.1 Å². The predicted octanol–water partition coefficient (Wildman–Crippen LogP) is 2.96. The number of thioether (sulfide) groups is 1. The van der Waals surface area contributed by atoms with Gasteiger partial charge < -0.3 is 4.90 Å². The molecule has 0 N–H and O–H groups in total. The van der Waals surface area contributed by atoms with Crippen LogP contribution in [0.4, 0.5) is 11.5 Å². The second-order valence-corrected chi connectivity index (χ2v) is 6.42. The van der Waals surface area contributed by atoms with Crippen molar-refractivity contribution < 1.29 is 9.72 Å². The second-order valence-electron chi connectivity index (χ2n) is 5.42. The molecule has 2 aromatic rings. The lowest BCUT2D eigenvalue weighted by molar-refractivity contribution is -0.384. The molecule has 0 amide bonds. The molecule has 124 valence electrons. The summed E-state index contributed by atoms with van der Waals surface area (Å²) in [7, 11) is 0. The molecule has 24 heavy (non-hydrogen) atoms. The maximum Gasteiger partial charge on any atom is 0.269 e. The monoisotopic (exact) mass is 344 g/mol. The fraction of sp³-hybridized carbons (Fsp3) is 0.312. The van der Waals surface area contributed by atoms with E-state index in [1.54, 1.807) is 0 Å². The van der Waals surface area contributed by atoms with Crippen molar-refractivity contribution in [3.05, 3.63) is 52.3 Å². The molecule has 1 aliphatic rings. The molecule has 1 aromatic heterocycles. The molecular formula is C16H16N4O3S. The molecule has 0 radical (unpaired) electrons. The van der Waals surface area contributed by atoms with Gasteiger partial charge in [-0.15, -0.1) is 0 Å². The Hall–Kier alpha value is -2.48. The molecule has 0 saturated carbocycles. The number of anilines is 1. The summed E-state index contributed by atoms with van der Waals surface area (Å²) in [5.41, 5.74) is 0.437. The van der Waals surface area contributed by atoms with Gasteiger partial charge in [0.2, 0.25) is 0 Å². The first kappa shape index (κ1) is 16.4. The van der Waals surface area contributed by atoms with E-state index in [1.165, 1.54) is 55.2 Å². The van der Waals surface area contributed by atoms with Crippen LogP contribution in [0.5, 0.6) is 0 Å². The quantitative estimate of drug-likeness (QED) is 0.262. The molecule has 0 bridgehead atoms. The van der Waals surface area contributed by atoms with Gasteiger partial charge in [0, 0.05) is 36.9 Å². The lowest BCUT2D eigenvalue weighted by atomic mass is 10.1. The van der Waals surface area contributed by atoms with Crippen molar-refractivity contribution in [2.75, 3.05) is 23.7 Å². The summed E-state index contributed by atoms with van der Waals surface area (Å²) in [4.78, 5) is 33.0. The average Bonchev–Trinajstić information content (AvgIpc) is 3.15. The van der Waals surface area contributed by atoms with Gasteiger partial charge in [0.15, 0.2) is 5.78 Å². The third kappa shape index (κ3) is 3.88. The average molecular weight is 344 g/mol. The van der Waals surface area contributed by atoms with E-state index in [2.05, 4.69) is 14.9 Å². The number of nitro benzene ring substituents is 1. The van der Waals surface area contributed by atoms with E-state index in [0.29, 0.717) is 5.56 Å². The van der Waals surface area contributed by atoms with Crippen LogP contribution in [0.15, 0.2) is 41.7 Å². The highest BCUT2D eigenvalue weighted by Crippen LogP contribution is 2.23. The molecule has 0 aliphatic carbocycles. The number of carbonyl (C=O) groups is 1. The van der Waals surface area contributed by atoms with Gasteiger partial charge in [-0.3, -0.25) is 14.9 Å². The number of aromatic nitrogens is 2. The van der Waals surface area contributed by atoms with Crippen molar-refractivity contribution in [2.45, 2.75) is 17.9 Å². The number of ketones is 1. The fourth-order valence-corrected chi connectivity index (χ4v) is 3.28. The predicted molar refractivity (Wildman–Crippen MR) is 91.6 cm³/mol. The zero-order valence-electron chi connectivity index (χ0n) is 12.9. The Kier molecular flexibility index (Phi) is 5.05. The van der Waals surface area contributed by atoms with Crippen molar-refractivity contribution in [3.8, 4) is 0 Å². The molecule has 0 unspecified atom stereocenters. The minimum Gasteiger partial charge on any atom is -0.356 e. The van der Waals surface area contributed by atoms with Crippen LogP contribution in [0.3, 0.4) is 0 Å². The lowest BCUT2D eigenvalue weighted by Crippen LogP contribution is -2.19. The van der Waals surface area contributed by atoms with Gasteiger partial charge >= 0.3 is 0 Å². The van der Waals surface area contributed by atoms with E-state index < -0.39 is 4.92 Å². The summed E-state index contributed by atoms with van der Waals surface area (Å²) >= 11 is 1.35. The van der Waals surface area contributed by atoms with Crippen LogP contribution in [-0.2, 0) is 0 Å². The lowest BCUT2D eigenvalue weighted by Gasteiger charge is -2.16. The minimum absolute atomic E-state index is 0.0229. The Morgan fingerprint density at radius 2 is 1.92 bits per heavy atom. The van der Waals surface area contributed by atoms with E-state index in [0.717, 1.165) is 23.9 Å². The number of Topliss-reactive ketones (excluding diaryl/α,β-unsaturated/α-hetero) is 1. The molecule has 1 aromatic carbocycles. The highest BCUT2D eigenvalue weighted by atomic mass is 32.2. The second kappa shape index (κ2) is 7.39. The number of hydrogen-bond acceptors (Lipinski definition) is 7. The Morgan fingerprint density at radius 3 is 2.58 bits per heavy atom. The van der Waals surface area contributed by atoms with E-state index >= 15 is 0 Å². The molecule has 7 nitrogen and oxygen atoms in total. The van der Waals surface area contributed by atoms with E-state index in [-0.39, 0.29) is 17.2 Å². The summed E-state index contributed by atoms with van der Waals surface area (Å²) in [6, 6.07) is 7.55. The highest BCUT2D eigenvalue weighted by molar-refractivity contribution is 7.99. The number of benzene rings is 1. The molecule has 3 rings (SSSR count). The number of non-ortho nitro benzene ring substituents is 1. The molecule has 1 saturated heterocycles. The van der Waals surface area contributed by atoms with Crippen molar-refractivity contribution in [2.24, 2.45) is 0 Å². The van der Waals surface area contributed by atoms with Gasteiger partial charge in [0.1, 0.15) is 17.2 Å². The molecule has 2 heterocycles. The summed E-state index contributed by atoms with van der Waals surface area (Å²) in [6.07, 6.45) is 3.86. The van der Waals surface area contributed by atoms with Crippen LogP contribution in [0.1, 0.15) is 23.2 Å². The Bertz CT molecular complexity index is 745. The van der Waals surface area contributed by atoms with Crippen molar-refractivity contribution in [1.82, 2.24) is 9.97 Å². The summed E-state index contributed by atoms with van der Waals surface area (Å²) < 4.78 is 0. The van der Waals surface area contributed by atoms with Gasteiger partial charge in [-0.25, -0.2) is 9.97 Å².